The number of aryl methyl sites for hydroxylation is 1. The molecule has 2 fully saturated rings. The van der Waals surface area contributed by atoms with Crippen LogP contribution in [0.4, 0.5) is 0 Å². The van der Waals surface area contributed by atoms with Gasteiger partial charge in [0.25, 0.3) is 0 Å². The van der Waals surface area contributed by atoms with Crippen molar-refractivity contribution in [2.45, 2.75) is 45.2 Å². The first kappa shape index (κ1) is 19.6. The molecule has 4 rings (SSSR count). The molecule has 2 aliphatic rings. The Morgan fingerprint density at radius 1 is 1.11 bits per heavy atom. The van der Waals surface area contributed by atoms with E-state index in [4.69, 9.17) is 0 Å². The molecule has 0 bridgehead atoms. The largest absolute Gasteiger partial charge is 0.345 e. The number of H-pyrrole nitrogens is 1. The summed E-state index contributed by atoms with van der Waals surface area (Å²) in [6.07, 6.45) is 8.48. The van der Waals surface area contributed by atoms with E-state index in [9.17, 15) is 0 Å². The van der Waals surface area contributed by atoms with Gasteiger partial charge in [-0.1, -0.05) is 30.3 Å². The number of hydrogen-bond donors (Lipinski definition) is 2. The van der Waals surface area contributed by atoms with Crippen molar-refractivity contribution in [3.63, 3.8) is 0 Å². The van der Waals surface area contributed by atoms with Gasteiger partial charge in [-0.2, -0.15) is 0 Å². The van der Waals surface area contributed by atoms with E-state index in [0.717, 1.165) is 25.3 Å². The molecule has 152 valence electrons. The zero-order valence-corrected chi connectivity index (χ0v) is 17.3. The van der Waals surface area contributed by atoms with Crippen LogP contribution in [-0.4, -0.2) is 59.5 Å². The van der Waals surface area contributed by atoms with Gasteiger partial charge in [0.2, 0.25) is 0 Å². The van der Waals surface area contributed by atoms with Crippen molar-refractivity contribution in [2.75, 3.05) is 39.8 Å². The van der Waals surface area contributed by atoms with Crippen molar-refractivity contribution >= 4 is 0 Å². The monoisotopic (exact) mass is 381 g/mol. The Morgan fingerprint density at radius 2 is 1.93 bits per heavy atom. The number of nitrogens with zero attached hydrogens (tertiary/aromatic N) is 3. The van der Waals surface area contributed by atoms with Crippen LogP contribution in [0.25, 0.3) is 0 Å². The van der Waals surface area contributed by atoms with E-state index in [0.29, 0.717) is 5.41 Å². The normalized spacial score (nSPS) is 19.6. The number of benzene rings is 1. The quantitative estimate of drug-likeness (QED) is 0.738. The maximum atomic E-state index is 4.60. The molecule has 0 amide bonds. The van der Waals surface area contributed by atoms with Gasteiger partial charge in [-0.25, -0.2) is 4.98 Å². The summed E-state index contributed by atoms with van der Waals surface area (Å²) < 4.78 is 0. The van der Waals surface area contributed by atoms with Gasteiger partial charge in [0.05, 0.1) is 6.54 Å². The minimum Gasteiger partial charge on any atom is -0.345 e. The fraction of sp³-hybridized carbons (Fsp3) is 0.609. The lowest BCUT2D eigenvalue weighted by molar-refractivity contribution is 0.196. The third kappa shape index (κ3) is 5.22. The first-order valence-electron chi connectivity index (χ1n) is 10.9. The maximum Gasteiger partial charge on any atom is 0.120 e. The molecule has 2 aliphatic heterocycles. The third-order valence-electron chi connectivity index (χ3n) is 6.50. The Balaban J connectivity index is 1.18. The van der Waals surface area contributed by atoms with Crippen LogP contribution in [-0.2, 0) is 19.5 Å². The number of nitrogens with one attached hydrogen (secondary N) is 2. The standard InChI is InChI=1S/C23H35N5/c1-27(17-20-6-3-2-4-7-20)18-22-25-16-21(26-22)8-5-14-28-15-11-23(19-28)9-12-24-13-10-23/h2-4,6-7,16,24H,5,8-15,17-19H2,1H3,(H,25,26). The first-order valence-corrected chi connectivity index (χ1v) is 10.9. The van der Waals surface area contributed by atoms with Crippen molar-refractivity contribution < 1.29 is 0 Å². The predicted octanol–water partition coefficient (Wildman–Crippen LogP) is 3.05. The van der Waals surface area contributed by atoms with E-state index in [2.05, 4.69) is 62.5 Å². The van der Waals surface area contributed by atoms with Gasteiger partial charge in [-0.3, -0.25) is 4.90 Å². The van der Waals surface area contributed by atoms with Crippen molar-refractivity contribution in [2.24, 2.45) is 5.41 Å². The second-order valence-electron chi connectivity index (χ2n) is 8.89. The maximum absolute atomic E-state index is 4.60. The van der Waals surface area contributed by atoms with Crippen LogP contribution in [0.5, 0.6) is 0 Å². The summed E-state index contributed by atoms with van der Waals surface area (Å²) in [5, 5.41) is 3.51. The molecular formula is C23H35N5. The summed E-state index contributed by atoms with van der Waals surface area (Å²) in [4.78, 5) is 13.1. The molecular weight excluding hydrogens is 346 g/mol. The number of likely N-dealkylation sites (tertiary alicyclic amines) is 1. The zero-order chi connectivity index (χ0) is 19.2. The number of hydrogen-bond acceptors (Lipinski definition) is 4. The second-order valence-corrected chi connectivity index (χ2v) is 8.89. The number of rotatable bonds is 8. The average molecular weight is 382 g/mol. The van der Waals surface area contributed by atoms with Crippen molar-refractivity contribution in [1.82, 2.24) is 25.1 Å². The molecule has 1 aromatic heterocycles. The van der Waals surface area contributed by atoms with Crippen LogP contribution in [0, 0.1) is 5.41 Å². The van der Waals surface area contributed by atoms with Gasteiger partial charge in [0.1, 0.15) is 5.82 Å². The molecule has 2 saturated heterocycles. The molecule has 2 N–H and O–H groups in total. The minimum atomic E-state index is 0.621. The Hall–Kier alpha value is -1.69. The zero-order valence-electron chi connectivity index (χ0n) is 17.3. The highest BCUT2D eigenvalue weighted by Gasteiger charge is 2.38. The van der Waals surface area contributed by atoms with Gasteiger partial charge in [0.15, 0.2) is 0 Å². The summed E-state index contributed by atoms with van der Waals surface area (Å²) in [7, 11) is 2.15. The average Bonchev–Trinajstić information content (AvgIpc) is 3.30. The Bertz CT molecular complexity index is 720. The summed E-state index contributed by atoms with van der Waals surface area (Å²) in [5.41, 5.74) is 3.24. The highest BCUT2D eigenvalue weighted by Crippen LogP contribution is 2.38. The third-order valence-corrected chi connectivity index (χ3v) is 6.50. The minimum absolute atomic E-state index is 0.621. The van der Waals surface area contributed by atoms with E-state index >= 15 is 0 Å². The van der Waals surface area contributed by atoms with Gasteiger partial charge in [-0.15, -0.1) is 0 Å². The Labute approximate surface area is 169 Å². The lowest BCUT2D eigenvalue weighted by atomic mass is 9.78. The van der Waals surface area contributed by atoms with E-state index in [1.165, 1.54) is 69.7 Å². The molecule has 0 saturated carbocycles. The van der Waals surface area contributed by atoms with Crippen molar-refractivity contribution in [3.8, 4) is 0 Å². The van der Waals surface area contributed by atoms with Gasteiger partial charge in [0, 0.05) is 25.0 Å². The lowest BCUT2D eigenvalue weighted by Gasteiger charge is -2.33. The molecule has 1 spiro atoms. The van der Waals surface area contributed by atoms with E-state index in [1.54, 1.807) is 0 Å². The topological polar surface area (TPSA) is 47.2 Å². The Morgan fingerprint density at radius 3 is 2.75 bits per heavy atom. The van der Waals surface area contributed by atoms with Crippen LogP contribution in [0.1, 0.15) is 42.8 Å². The highest BCUT2D eigenvalue weighted by atomic mass is 15.2. The van der Waals surface area contributed by atoms with E-state index in [1.807, 2.05) is 6.20 Å². The molecule has 0 aliphatic carbocycles. The van der Waals surface area contributed by atoms with Crippen LogP contribution < -0.4 is 5.32 Å². The molecule has 0 atom stereocenters. The van der Waals surface area contributed by atoms with Crippen molar-refractivity contribution in [3.05, 3.63) is 53.6 Å². The van der Waals surface area contributed by atoms with Crippen LogP contribution in [0.2, 0.25) is 0 Å². The lowest BCUT2D eigenvalue weighted by Crippen LogP contribution is -2.38. The fourth-order valence-electron chi connectivity index (χ4n) is 4.90. The second kappa shape index (κ2) is 9.21. The molecule has 1 aromatic carbocycles. The molecule has 0 radical (unpaired) electrons. The molecule has 2 aromatic rings. The fourth-order valence-corrected chi connectivity index (χ4v) is 4.90. The first-order chi connectivity index (χ1) is 13.7. The molecule has 3 heterocycles. The van der Waals surface area contributed by atoms with E-state index < -0.39 is 0 Å². The number of aromatic nitrogens is 2. The summed E-state index contributed by atoms with van der Waals surface area (Å²) in [5.74, 6) is 1.07. The van der Waals surface area contributed by atoms with Gasteiger partial charge >= 0.3 is 0 Å². The van der Waals surface area contributed by atoms with Gasteiger partial charge < -0.3 is 15.2 Å². The molecule has 5 nitrogen and oxygen atoms in total. The summed E-state index contributed by atoms with van der Waals surface area (Å²) >= 11 is 0. The van der Waals surface area contributed by atoms with Crippen LogP contribution >= 0.6 is 0 Å². The Kier molecular flexibility index (Phi) is 6.45. The smallest absolute Gasteiger partial charge is 0.120 e. The highest BCUT2D eigenvalue weighted by molar-refractivity contribution is 5.14. The van der Waals surface area contributed by atoms with Gasteiger partial charge in [-0.05, 0) is 76.3 Å². The molecule has 0 unspecified atom stereocenters. The summed E-state index contributed by atoms with van der Waals surface area (Å²) in [6.45, 7) is 8.05. The van der Waals surface area contributed by atoms with Crippen LogP contribution in [0.15, 0.2) is 36.5 Å². The number of piperidine rings is 1. The molecule has 28 heavy (non-hydrogen) atoms. The van der Waals surface area contributed by atoms with Crippen molar-refractivity contribution in [1.29, 1.82) is 0 Å². The SMILES string of the molecule is CN(Cc1ccccc1)Cc1ncc(CCCN2CCC3(CCNCC3)C2)[nH]1. The number of aromatic amines is 1. The van der Waals surface area contributed by atoms with E-state index in [-0.39, 0.29) is 0 Å². The molecule has 5 heteroatoms. The number of imidazole rings is 1. The predicted molar refractivity (Wildman–Crippen MR) is 114 cm³/mol. The van der Waals surface area contributed by atoms with Crippen LogP contribution in [0.3, 0.4) is 0 Å². The summed E-state index contributed by atoms with van der Waals surface area (Å²) in [6, 6.07) is 10.6.